The number of quaternary nitrogens is 1. The first kappa shape index (κ1) is 19.5. The lowest BCUT2D eigenvalue weighted by atomic mass is 9.97. The standard InChI is InChI=1S/C12H22N2O3.BrH/c1-6-9(12(16)17)8(3)11(15)13-10(7-2)14(4)5;/h9-10H,3,6-7H2,1-2,4-5H3,(H,13,15)(H,16,17);1H. The van der Waals surface area contributed by atoms with Gasteiger partial charge in [0.2, 0.25) is 0 Å². The zero-order chi connectivity index (χ0) is 13.6. The van der Waals surface area contributed by atoms with Crippen LogP contribution in [0.3, 0.4) is 0 Å². The third-order valence-corrected chi connectivity index (χ3v) is 2.83. The summed E-state index contributed by atoms with van der Waals surface area (Å²) in [6.45, 7) is 7.29. The second-order valence-corrected chi connectivity index (χ2v) is 4.34. The Morgan fingerprint density at radius 2 is 1.78 bits per heavy atom. The van der Waals surface area contributed by atoms with Gasteiger partial charge < -0.3 is 32.3 Å². The third-order valence-electron chi connectivity index (χ3n) is 2.83. The van der Waals surface area contributed by atoms with E-state index in [-0.39, 0.29) is 34.6 Å². The molecule has 0 bridgehead atoms. The Balaban J connectivity index is 0. The highest BCUT2D eigenvalue weighted by Crippen LogP contribution is 2.13. The summed E-state index contributed by atoms with van der Waals surface area (Å²) in [6.07, 6.45) is 1.13. The van der Waals surface area contributed by atoms with E-state index >= 15 is 0 Å². The van der Waals surface area contributed by atoms with Gasteiger partial charge in [-0.1, -0.05) is 20.4 Å². The van der Waals surface area contributed by atoms with Gasteiger partial charge >= 0.3 is 5.97 Å². The number of nitrogens with one attached hydrogen (secondary N) is 2. The predicted octanol–water partition coefficient (Wildman–Crippen LogP) is -3.35. The van der Waals surface area contributed by atoms with Crippen LogP contribution in [0.5, 0.6) is 0 Å². The minimum absolute atomic E-state index is 0. The molecule has 0 aliphatic rings. The monoisotopic (exact) mass is 322 g/mol. The molecule has 0 aromatic carbocycles. The van der Waals surface area contributed by atoms with Crippen molar-refractivity contribution >= 4 is 11.9 Å². The Labute approximate surface area is 119 Å². The van der Waals surface area contributed by atoms with Gasteiger partial charge in [0.1, 0.15) is 0 Å². The van der Waals surface area contributed by atoms with E-state index < -0.39 is 11.9 Å². The van der Waals surface area contributed by atoms with E-state index in [1.54, 1.807) is 6.92 Å². The van der Waals surface area contributed by atoms with E-state index in [1.807, 2.05) is 21.0 Å². The van der Waals surface area contributed by atoms with Crippen LogP contribution in [0.1, 0.15) is 26.7 Å². The highest BCUT2D eigenvalue weighted by Gasteiger charge is 2.26. The molecule has 0 aliphatic heterocycles. The van der Waals surface area contributed by atoms with E-state index in [9.17, 15) is 9.59 Å². The number of amides is 1. The maximum atomic E-state index is 11.8. The normalized spacial score (nSPS) is 13.4. The first-order chi connectivity index (χ1) is 7.84. The fourth-order valence-corrected chi connectivity index (χ4v) is 1.63. The van der Waals surface area contributed by atoms with Gasteiger partial charge in [0.15, 0.2) is 6.17 Å². The number of carboxylic acid groups (broad SMARTS) is 1. The van der Waals surface area contributed by atoms with Crippen molar-refractivity contribution in [1.29, 1.82) is 0 Å². The van der Waals surface area contributed by atoms with Crippen molar-refractivity contribution in [3.8, 4) is 0 Å². The van der Waals surface area contributed by atoms with Crippen molar-refractivity contribution in [3.05, 3.63) is 12.2 Å². The summed E-state index contributed by atoms with van der Waals surface area (Å²) in [7, 11) is 3.87. The average molecular weight is 323 g/mol. The lowest BCUT2D eigenvalue weighted by Gasteiger charge is -2.22. The number of carboxylic acids is 1. The number of aliphatic carboxylic acids is 1. The molecule has 2 unspecified atom stereocenters. The number of hydrogen-bond acceptors (Lipinski definition) is 2. The van der Waals surface area contributed by atoms with Crippen molar-refractivity contribution in [3.63, 3.8) is 0 Å². The summed E-state index contributed by atoms with van der Waals surface area (Å²) < 4.78 is 0. The van der Waals surface area contributed by atoms with Crippen molar-refractivity contribution < 1.29 is 36.6 Å². The zero-order valence-corrected chi connectivity index (χ0v) is 13.0. The lowest BCUT2D eigenvalue weighted by Crippen LogP contribution is -3.12. The molecule has 0 heterocycles. The summed E-state index contributed by atoms with van der Waals surface area (Å²) in [5.74, 6) is -2.17. The van der Waals surface area contributed by atoms with Gasteiger partial charge in [-0.2, -0.15) is 0 Å². The summed E-state index contributed by atoms with van der Waals surface area (Å²) in [5, 5.41) is 11.7. The molecule has 0 rings (SSSR count). The molecule has 0 saturated carbocycles. The van der Waals surface area contributed by atoms with E-state index in [1.165, 1.54) is 0 Å². The maximum Gasteiger partial charge on any atom is 0.311 e. The van der Waals surface area contributed by atoms with Crippen LogP contribution in [0.2, 0.25) is 0 Å². The zero-order valence-electron chi connectivity index (χ0n) is 11.4. The van der Waals surface area contributed by atoms with E-state index in [0.717, 1.165) is 11.3 Å². The van der Waals surface area contributed by atoms with Gasteiger partial charge in [0.05, 0.1) is 20.0 Å². The van der Waals surface area contributed by atoms with E-state index in [2.05, 4.69) is 11.9 Å². The minimum Gasteiger partial charge on any atom is -1.00 e. The molecule has 0 aliphatic carbocycles. The number of carbonyl (C=O) groups is 2. The number of rotatable bonds is 7. The number of hydrogen-bond donors (Lipinski definition) is 3. The number of halogens is 1. The number of carbonyl (C=O) groups excluding carboxylic acids is 1. The predicted molar refractivity (Wildman–Crippen MR) is 65.6 cm³/mol. The largest absolute Gasteiger partial charge is 1.00 e. The minimum atomic E-state index is -1.00. The topological polar surface area (TPSA) is 70.8 Å². The molecule has 0 aromatic heterocycles. The second kappa shape index (κ2) is 9.10. The van der Waals surface area contributed by atoms with Crippen LogP contribution < -0.4 is 27.2 Å². The van der Waals surface area contributed by atoms with Gasteiger partial charge in [-0.25, -0.2) is 0 Å². The molecular formula is C12H23BrN2O3. The highest BCUT2D eigenvalue weighted by molar-refractivity contribution is 5.98. The first-order valence-electron chi connectivity index (χ1n) is 5.87. The Hall–Kier alpha value is -0.880. The molecule has 6 heteroatoms. The van der Waals surface area contributed by atoms with Crippen LogP contribution in [0.4, 0.5) is 0 Å². The van der Waals surface area contributed by atoms with Crippen LogP contribution >= 0.6 is 0 Å². The molecule has 2 atom stereocenters. The van der Waals surface area contributed by atoms with Crippen LogP contribution in [0, 0.1) is 5.92 Å². The molecule has 0 saturated heterocycles. The van der Waals surface area contributed by atoms with Crippen LogP contribution in [-0.4, -0.2) is 37.2 Å². The molecule has 0 fully saturated rings. The van der Waals surface area contributed by atoms with E-state index in [0.29, 0.717) is 6.42 Å². The Morgan fingerprint density at radius 3 is 2.06 bits per heavy atom. The van der Waals surface area contributed by atoms with Gasteiger partial charge in [-0.15, -0.1) is 0 Å². The quantitative estimate of drug-likeness (QED) is 0.339. The third kappa shape index (κ3) is 5.64. The van der Waals surface area contributed by atoms with Crippen LogP contribution in [-0.2, 0) is 9.59 Å². The average Bonchev–Trinajstić information content (AvgIpc) is 2.25. The SMILES string of the molecule is C=C(C(=O)NC(CC)[NH+](C)C)C(CC)C(=O)O.[Br-]. The molecule has 18 heavy (non-hydrogen) atoms. The molecule has 0 aromatic rings. The van der Waals surface area contributed by atoms with Crippen molar-refractivity contribution in [2.75, 3.05) is 14.1 Å². The molecular weight excluding hydrogens is 300 g/mol. The molecule has 106 valence electrons. The van der Waals surface area contributed by atoms with Crippen molar-refractivity contribution in [2.24, 2.45) is 5.92 Å². The molecule has 0 radical (unpaired) electrons. The first-order valence-corrected chi connectivity index (χ1v) is 5.87. The smallest absolute Gasteiger partial charge is 0.311 e. The van der Waals surface area contributed by atoms with Crippen molar-refractivity contribution in [1.82, 2.24) is 5.32 Å². The van der Waals surface area contributed by atoms with Crippen LogP contribution in [0.15, 0.2) is 12.2 Å². The Kier molecular flexibility index (Phi) is 9.84. The maximum absolute atomic E-state index is 11.8. The van der Waals surface area contributed by atoms with Crippen molar-refractivity contribution in [2.45, 2.75) is 32.9 Å². The van der Waals surface area contributed by atoms with E-state index in [4.69, 9.17) is 5.11 Å². The van der Waals surface area contributed by atoms with Gasteiger partial charge in [0.25, 0.3) is 5.91 Å². The van der Waals surface area contributed by atoms with Gasteiger partial charge in [-0.05, 0) is 6.42 Å². The summed E-state index contributed by atoms with van der Waals surface area (Å²) in [4.78, 5) is 23.8. The molecule has 3 N–H and O–H groups in total. The summed E-state index contributed by atoms with van der Waals surface area (Å²) in [6, 6.07) is 0. The lowest BCUT2D eigenvalue weighted by molar-refractivity contribution is -0.888. The molecule has 5 nitrogen and oxygen atoms in total. The Morgan fingerprint density at radius 1 is 1.28 bits per heavy atom. The molecule has 1 amide bonds. The fourth-order valence-electron chi connectivity index (χ4n) is 1.63. The second-order valence-electron chi connectivity index (χ2n) is 4.34. The fraction of sp³-hybridized carbons (Fsp3) is 0.667. The molecule has 0 spiro atoms. The van der Waals surface area contributed by atoms with Gasteiger partial charge in [0, 0.05) is 12.0 Å². The highest BCUT2D eigenvalue weighted by atomic mass is 79.9. The summed E-state index contributed by atoms with van der Waals surface area (Å²) >= 11 is 0. The van der Waals surface area contributed by atoms with Gasteiger partial charge in [-0.3, -0.25) is 9.59 Å². The van der Waals surface area contributed by atoms with Crippen LogP contribution in [0.25, 0.3) is 0 Å². The Bertz CT molecular complexity index is 306. The summed E-state index contributed by atoms with van der Waals surface area (Å²) in [5.41, 5.74) is 0.125.